The van der Waals surface area contributed by atoms with Crippen LogP contribution in [0.3, 0.4) is 0 Å². The first-order chi connectivity index (χ1) is 13.5. The number of amidine groups is 1. The van der Waals surface area contributed by atoms with E-state index < -0.39 is 5.97 Å². The van der Waals surface area contributed by atoms with Crippen molar-refractivity contribution in [2.45, 2.75) is 0 Å². The second kappa shape index (κ2) is 8.58. The minimum atomic E-state index is -0.414. The zero-order valence-electron chi connectivity index (χ0n) is 15.2. The summed E-state index contributed by atoms with van der Waals surface area (Å²) in [4.78, 5) is 30.8. The first-order valence-electron chi connectivity index (χ1n) is 8.40. The number of rotatable bonds is 5. The Morgan fingerprint density at radius 2 is 2.04 bits per heavy atom. The van der Waals surface area contributed by atoms with Crippen molar-refractivity contribution in [2.24, 2.45) is 4.99 Å². The standard InChI is InChI=1S/C21H18N2O4S/c1-3-11-23-19(25)18(12-14-7-9-15(10-8-14)20(26)27-2)28-21(23)22-16-5-4-6-17(24)13-16/h3-10,12-13,24H,1,11H2,2H3/b18-12-,22-21?. The van der Waals surface area contributed by atoms with Crippen molar-refractivity contribution in [1.82, 2.24) is 4.90 Å². The van der Waals surface area contributed by atoms with Crippen molar-refractivity contribution in [3.05, 3.63) is 77.2 Å². The van der Waals surface area contributed by atoms with Gasteiger partial charge < -0.3 is 9.84 Å². The van der Waals surface area contributed by atoms with Gasteiger partial charge in [-0.15, -0.1) is 6.58 Å². The van der Waals surface area contributed by atoms with Crippen LogP contribution in [0.2, 0.25) is 0 Å². The number of hydrogen-bond acceptors (Lipinski definition) is 6. The number of hydrogen-bond donors (Lipinski definition) is 1. The Labute approximate surface area is 166 Å². The average molecular weight is 394 g/mol. The third-order valence-corrected chi connectivity index (χ3v) is 4.89. The Kier molecular flexibility index (Phi) is 5.96. The lowest BCUT2D eigenvalue weighted by atomic mass is 10.1. The van der Waals surface area contributed by atoms with Crippen LogP contribution in [0.1, 0.15) is 15.9 Å². The molecule has 0 aromatic heterocycles. The van der Waals surface area contributed by atoms with Crippen LogP contribution < -0.4 is 0 Å². The predicted molar refractivity (Wildman–Crippen MR) is 110 cm³/mol. The molecule has 2 aromatic rings. The van der Waals surface area contributed by atoms with Gasteiger partial charge in [-0.25, -0.2) is 9.79 Å². The van der Waals surface area contributed by atoms with E-state index in [-0.39, 0.29) is 11.7 Å². The SMILES string of the molecule is C=CCN1C(=O)/C(=C/c2ccc(C(=O)OC)cc2)SC1=Nc1cccc(O)c1. The number of nitrogens with zero attached hydrogens (tertiary/aromatic N) is 2. The first kappa shape index (κ1) is 19.4. The van der Waals surface area contributed by atoms with Gasteiger partial charge in [0.2, 0.25) is 0 Å². The van der Waals surface area contributed by atoms with Crippen molar-refractivity contribution >= 4 is 40.6 Å². The van der Waals surface area contributed by atoms with Crippen LogP contribution in [0.25, 0.3) is 6.08 Å². The number of amides is 1. The Balaban J connectivity index is 1.90. The lowest BCUT2D eigenvalue weighted by molar-refractivity contribution is -0.121. The Bertz CT molecular complexity index is 980. The number of benzene rings is 2. The van der Waals surface area contributed by atoms with E-state index in [4.69, 9.17) is 0 Å². The number of methoxy groups -OCH3 is 1. The number of phenols is 1. The van der Waals surface area contributed by atoms with Crippen molar-refractivity contribution < 1.29 is 19.4 Å². The van der Waals surface area contributed by atoms with Crippen LogP contribution in [-0.4, -0.2) is 40.7 Å². The van der Waals surface area contributed by atoms with E-state index in [0.29, 0.717) is 27.9 Å². The fourth-order valence-corrected chi connectivity index (χ4v) is 3.55. The highest BCUT2D eigenvalue weighted by atomic mass is 32.2. The van der Waals surface area contributed by atoms with Gasteiger partial charge in [-0.1, -0.05) is 24.3 Å². The van der Waals surface area contributed by atoms with E-state index in [0.717, 1.165) is 5.56 Å². The molecule has 1 N–H and O–H groups in total. The second-order valence-electron chi connectivity index (χ2n) is 5.84. The summed E-state index contributed by atoms with van der Waals surface area (Å²) in [7, 11) is 1.33. The predicted octanol–water partition coefficient (Wildman–Crippen LogP) is 3.97. The van der Waals surface area contributed by atoms with Crippen LogP contribution in [0, 0.1) is 0 Å². The molecule has 1 heterocycles. The molecular weight excluding hydrogens is 376 g/mol. The molecule has 1 amide bonds. The summed E-state index contributed by atoms with van der Waals surface area (Å²) in [5.74, 6) is -0.489. The molecular formula is C21H18N2O4S. The summed E-state index contributed by atoms with van der Waals surface area (Å²) < 4.78 is 4.68. The van der Waals surface area contributed by atoms with Crippen molar-refractivity contribution in [1.29, 1.82) is 0 Å². The molecule has 0 atom stereocenters. The number of esters is 1. The molecule has 0 spiro atoms. The smallest absolute Gasteiger partial charge is 0.337 e. The number of aliphatic imine (C=N–C) groups is 1. The Morgan fingerprint density at radius 3 is 2.68 bits per heavy atom. The van der Waals surface area contributed by atoms with Crippen molar-refractivity contribution in [2.75, 3.05) is 13.7 Å². The monoisotopic (exact) mass is 394 g/mol. The lowest BCUT2D eigenvalue weighted by Crippen LogP contribution is -2.29. The van der Waals surface area contributed by atoms with Gasteiger partial charge in [-0.3, -0.25) is 9.69 Å². The third-order valence-electron chi connectivity index (χ3n) is 3.88. The third kappa shape index (κ3) is 4.32. The molecule has 2 aromatic carbocycles. The van der Waals surface area contributed by atoms with Crippen LogP contribution >= 0.6 is 11.8 Å². The van der Waals surface area contributed by atoms with E-state index in [1.165, 1.54) is 29.8 Å². The van der Waals surface area contributed by atoms with Crippen molar-refractivity contribution in [3.8, 4) is 5.75 Å². The number of carbonyl (C=O) groups excluding carboxylic acids is 2. The topological polar surface area (TPSA) is 79.2 Å². The fourth-order valence-electron chi connectivity index (χ4n) is 2.54. The summed E-state index contributed by atoms with van der Waals surface area (Å²) in [6.45, 7) is 4.02. The number of ether oxygens (including phenoxy) is 1. The highest BCUT2D eigenvalue weighted by Gasteiger charge is 2.32. The maximum absolute atomic E-state index is 12.8. The zero-order valence-corrected chi connectivity index (χ0v) is 16.0. The summed E-state index contributed by atoms with van der Waals surface area (Å²) >= 11 is 1.24. The molecule has 0 saturated carbocycles. The van der Waals surface area contributed by atoms with Gasteiger partial charge in [0.25, 0.3) is 5.91 Å². The molecule has 0 radical (unpaired) electrons. The molecule has 1 fully saturated rings. The number of thioether (sulfide) groups is 1. The molecule has 28 heavy (non-hydrogen) atoms. The average Bonchev–Trinajstić information content (AvgIpc) is 2.97. The highest BCUT2D eigenvalue weighted by Crippen LogP contribution is 2.34. The molecule has 3 rings (SSSR count). The minimum absolute atomic E-state index is 0.105. The van der Waals surface area contributed by atoms with Crippen LogP contribution in [0.5, 0.6) is 5.75 Å². The number of aromatic hydroxyl groups is 1. The molecule has 6 nitrogen and oxygen atoms in total. The van der Waals surface area contributed by atoms with Gasteiger partial charge >= 0.3 is 5.97 Å². The molecule has 0 aliphatic carbocycles. The van der Waals surface area contributed by atoms with Gasteiger partial charge in [-0.2, -0.15) is 0 Å². The molecule has 7 heteroatoms. The largest absolute Gasteiger partial charge is 0.508 e. The molecule has 1 saturated heterocycles. The summed E-state index contributed by atoms with van der Waals surface area (Å²) in [6, 6.07) is 13.3. The minimum Gasteiger partial charge on any atom is -0.508 e. The summed E-state index contributed by atoms with van der Waals surface area (Å²) in [6.07, 6.45) is 3.37. The van der Waals surface area contributed by atoms with Gasteiger partial charge in [0, 0.05) is 12.6 Å². The van der Waals surface area contributed by atoms with Gasteiger partial charge in [0.15, 0.2) is 5.17 Å². The maximum Gasteiger partial charge on any atom is 0.337 e. The van der Waals surface area contributed by atoms with Crippen LogP contribution in [0.15, 0.2) is 71.1 Å². The maximum atomic E-state index is 12.8. The number of carbonyl (C=O) groups is 2. The van der Waals surface area contributed by atoms with E-state index in [2.05, 4.69) is 16.3 Å². The van der Waals surface area contributed by atoms with E-state index >= 15 is 0 Å². The summed E-state index contributed by atoms with van der Waals surface area (Å²) in [5, 5.41) is 10.1. The quantitative estimate of drug-likeness (QED) is 0.472. The molecule has 1 aliphatic rings. The van der Waals surface area contributed by atoms with Gasteiger partial charge in [0.1, 0.15) is 5.75 Å². The lowest BCUT2D eigenvalue weighted by Gasteiger charge is -2.12. The summed E-state index contributed by atoms with van der Waals surface area (Å²) in [5.41, 5.74) is 1.77. The van der Waals surface area contributed by atoms with Gasteiger partial charge in [0.05, 0.1) is 23.3 Å². The van der Waals surface area contributed by atoms with Gasteiger partial charge in [-0.05, 0) is 47.7 Å². The van der Waals surface area contributed by atoms with E-state index in [1.54, 1.807) is 54.6 Å². The fraction of sp³-hybridized carbons (Fsp3) is 0.0952. The number of phenolic OH excluding ortho intramolecular Hbond substituents is 1. The normalized spacial score (nSPS) is 16.6. The Morgan fingerprint density at radius 1 is 1.29 bits per heavy atom. The molecule has 0 unspecified atom stereocenters. The molecule has 0 bridgehead atoms. The van der Waals surface area contributed by atoms with Crippen LogP contribution in [-0.2, 0) is 9.53 Å². The first-order valence-corrected chi connectivity index (χ1v) is 9.22. The zero-order chi connectivity index (χ0) is 20.1. The van der Waals surface area contributed by atoms with E-state index in [1.807, 2.05) is 0 Å². The Hall–Kier alpha value is -3.32. The highest BCUT2D eigenvalue weighted by molar-refractivity contribution is 8.18. The second-order valence-corrected chi connectivity index (χ2v) is 6.85. The molecule has 142 valence electrons. The molecule has 1 aliphatic heterocycles. The van der Waals surface area contributed by atoms with Crippen LogP contribution in [0.4, 0.5) is 5.69 Å². The van der Waals surface area contributed by atoms with Crippen molar-refractivity contribution in [3.63, 3.8) is 0 Å². The van der Waals surface area contributed by atoms with E-state index in [9.17, 15) is 14.7 Å².